The van der Waals surface area contributed by atoms with Gasteiger partial charge in [0.1, 0.15) is 0 Å². The van der Waals surface area contributed by atoms with Crippen molar-refractivity contribution in [1.29, 1.82) is 0 Å². The SMILES string of the molecule is Cc1cc(C(=O)N2CC(C(=O)O)Cc3ccccc32)on1. The fourth-order valence-corrected chi connectivity index (χ4v) is 2.55. The summed E-state index contributed by atoms with van der Waals surface area (Å²) in [4.78, 5) is 25.3. The highest BCUT2D eigenvalue weighted by molar-refractivity contribution is 6.05. The second-order valence-corrected chi connectivity index (χ2v) is 5.12. The van der Waals surface area contributed by atoms with Crippen LogP contribution in [0, 0.1) is 12.8 Å². The Kier molecular flexibility index (Phi) is 3.21. The maximum absolute atomic E-state index is 12.5. The molecule has 1 N–H and O–H groups in total. The van der Waals surface area contributed by atoms with E-state index in [1.807, 2.05) is 24.3 Å². The summed E-state index contributed by atoms with van der Waals surface area (Å²) in [6, 6.07) is 8.87. The Balaban J connectivity index is 2.00. The highest BCUT2D eigenvalue weighted by Gasteiger charge is 2.33. The normalized spacial score (nSPS) is 17.4. The van der Waals surface area contributed by atoms with E-state index in [1.165, 1.54) is 4.90 Å². The van der Waals surface area contributed by atoms with Crippen molar-refractivity contribution in [3.8, 4) is 0 Å². The molecule has 0 radical (unpaired) electrons. The predicted octanol–water partition coefficient (Wildman–Crippen LogP) is 1.89. The average molecular weight is 286 g/mol. The fourth-order valence-electron chi connectivity index (χ4n) is 2.55. The lowest BCUT2D eigenvalue weighted by Crippen LogP contribution is -2.42. The van der Waals surface area contributed by atoms with Crippen molar-refractivity contribution in [2.45, 2.75) is 13.3 Å². The molecule has 0 saturated heterocycles. The van der Waals surface area contributed by atoms with Crippen LogP contribution in [-0.2, 0) is 11.2 Å². The van der Waals surface area contributed by atoms with Gasteiger partial charge in [-0.1, -0.05) is 23.4 Å². The highest BCUT2D eigenvalue weighted by Crippen LogP contribution is 2.31. The first-order chi connectivity index (χ1) is 10.1. The number of carboxylic acids is 1. The van der Waals surface area contributed by atoms with Gasteiger partial charge in [-0.2, -0.15) is 0 Å². The molecule has 2 heterocycles. The minimum absolute atomic E-state index is 0.119. The van der Waals surface area contributed by atoms with Crippen LogP contribution in [0.4, 0.5) is 5.69 Å². The maximum Gasteiger partial charge on any atom is 0.308 e. The number of benzene rings is 1. The van der Waals surface area contributed by atoms with E-state index in [9.17, 15) is 14.7 Å². The predicted molar refractivity (Wildman–Crippen MR) is 74.2 cm³/mol. The lowest BCUT2D eigenvalue weighted by Gasteiger charge is -2.32. The van der Waals surface area contributed by atoms with E-state index in [-0.39, 0.29) is 18.2 Å². The zero-order chi connectivity index (χ0) is 15.0. The Labute approximate surface area is 121 Å². The molecule has 6 heteroatoms. The van der Waals surface area contributed by atoms with Gasteiger partial charge in [0.15, 0.2) is 0 Å². The van der Waals surface area contributed by atoms with Gasteiger partial charge < -0.3 is 14.5 Å². The monoisotopic (exact) mass is 286 g/mol. The Morgan fingerprint density at radius 3 is 2.81 bits per heavy atom. The lowest BCUT2D eigenvalue weighted by atomic mass is 9.92. The van der Waals surface area contributed by atoms with Crippen LogP contribution in [0.1, 0.15) is 21.8 Å². The number of carboxylic acid groups (broad SMARTS) is 1. The molecule has 1 unspecified atom stereocenters. The second kappa shape index (κ2) is 5.05. The molecule has 3 rings (SSSR count). The first-order valence-electron chi connectivity index (χ1n) is 6.62. The van der Waals surface area contributed by atoms with Gasteiger partial charge in [0.2, 0.25) is 5.76 Å². The molecule has 0 aliphatic carbocycles. The minimum Gasteiger partial charge on any atom is -0.481 e. The number of aromatic nitrogens is 1. The van der Waals surface area contributed by atoms with Crippen LogP contribution in [0.5, 0.6) is 0 Å². The Bertz CT molecular complexity index is 707. The summed E-state index contributed by atoms with van der Waals surface area (Å²) in [5.74, 6) is -1.77. The van der Waals surface area contributed by atoms with E-state index in [1.54, 1.807) is 13.0 Å². The van der Waals surface area contributed by atoms with E-state index in [4.69, 9.17) is 4.52 Å². The molecule has 2 aromatic rings. The molecule has 0 saturated carbocycles. The van der Waals surface area contributed by atoms with E-state index < -0.39 is 11.9 Å². The van der Waals surface area contributed by atoms with Crippen LogP contribution >= 0.6 is 0 Å². The zero-order valence-corrected chi connectivity index (χ0v) is 11.4. The molecule has 0 fully saturated rings. The molecule has 0 spiro atoms. The number of carbonyl (C=O) groups excluding carboxylic acids is 1. The standard InChI is InChI=1S/C15H14N2O4/c1-9-6-13(21-16-9)14(18)17-8-11(15(19)20)7-10-4-2-3-5-12(10)17/h2-6,11H,7-8H2,1H3,(H,19,20). The summed E-state index contributed by atoms with van der Waals surface area (Å²) in [6.45, 7) is 1.86. The Hall–Kier alpha value is -2.63. The number of anilines is 1. The summed E-state index contributed by atoms with van der Waals surface area (Å²) in [5, 5.41) is 13.0. The number of hydrogen-bond acceptors (Lipinski definition) is 4. The molecule has 0 bridgehead atoms. The zero-order valence-electron chi connectivity index (χ0n) is 11.4. The first kappa shape index (κ1) is 13.4. The summed E-state index contributed by atoms with van der Waals surface area (Å²) in [6.07, 6.45) is 0.421. The molecule has 1 atom stereocenters. The van der Waals surface area contributed by atoms with Crippen LogP contribution in [-0.4, -0.2) is 28.7 Å². The average Bonchev–Trinajstić information content (AvgIpc) is 2.92. The summed E-state index contributed by atoms with van der Waals surface area (Å²) in [7, 11) is 0. The van der Waals surface area contributed by atoms with Crippen molar-refractivity contribution in [3.05, 3.63) is 47.3 Å². The van der Waals surface area contributed by atoms with Crippen LogP contribution in [0.25, 0.3) is 0 Å². The molecule has 1 aromatic carbocycles. The van der Waals surface area contributed by atoms with Crippen LogP contribution in [0.15, 0.2) is 34.9 Å². The number of carbonyl (C=O) groups is 2. The molecule has 1 amide bonds. The van der Waals surface area contributed by atoms with Crippen LogP contribution in [0.3, 0.4) is 0 Å². The molecule has 21 heavy (non-hydrogen) atoms. The number of para-hydroxylation sites is 1. The van der Waals surface area contributed by atoms with Crippen LogP contribution in [0.2, 0.25) is 0 Å². The van der Waals surface area contributed by atoms with E-state index in [2.05, 4.69) is 5.16 Å². The summed E-state index contributed by atoms with van der Waals surface area (Å²) >= 11 is 0. The van der Waals surface area contributed by atoms with Gasteiger partial charge in [-0.15, -0.1) is 0 Å². The van der Waals surface area contributed by atoms with Gasteiger partial charge in [-0.25, -0.2) is 0 Å². The van der Waals surface area contributed by atoms with Gasteiger partial charge in [-0.05, 0) is 25.0 Å². The van der Waals surface area contributed by atoms with Crippen molar-refractivity contribution in [1.82, 2.24) is 5.16 Å². The van der Waals surface area contributed by atoms with Gasteiger partial charge >= 0.3 is 5.97 Å². The number of fused-ring (bicyclic) bond motifs is 1. The third-order valence-electron chi connectivity index (χ3n) is 3.58. The number of amides is 1. The topological polar surface area (TPSA) is 83.6 Å². The van der Waals surface area contributed by atoms with Gasteiger partial charge in [0.05, 0.1) is 11.6 Å². The summed E-state index contributed by atoms with van der Waals surface area (Å²) < 4.78 is 5.00. The number of hydrogen-bond donors (Lipinski definition) is 1. The van der Waals surface area contributed by atoms with Crippen molar-refractivity contribution >= 4 is 17.6 Å². The largest absolute Gasteiger partial charge is 0.481 e. The third-order valence-corrected chi connectivity index (χ3v) is 3.58. The van der Waals surface area contributed by atoms with Gasteiger partial charge in [-0.3, -0.25) is 9.59 Å². The van der Waals surface area contributed by atoms with Gasteiger partial charge in [0, 0.05) is 18.3 Å². The van der Waals surface area contributed by atoms with E-state index >= 15 is 0 Å². The van der Waals surface area contributed by atoms with Crippen molar-refractivity contribution < 1.29 is 19.2 Å². The quantitative estimate of drug-likeness (QED) is 0.911. The lowest BCUT2D eigenvalue weighted by molar-refractivity contribution is -0.141. The van der Waals surface area contributed by atoms with E-state index in [0.717, 1.165) is 11.3 Å². The molecule has 1 aromatic heterocycles. The van der Waals surface area contributed by atoms with E-state index in [0.29, 0.717) is 12.1 Å². The molecule has 1 aliphatic heterocycles. The van der Waals surface area contributed by atoms with Gasteiger partial charge in [0.25, 0.3) is 5.91 Å². The molecule has 1 aliphatic rings. The Morgan fingerprint density at radius 1 is 1.38 bits per heavy atom. The number of aryl methyl sites for hydroxylation is 1. The fraction of sp³-hybridized carbons (Fsp3) is 0.267. The minimum atomic E-state index is -0.906. The first-order valence-corrected chi connectivity index (χ1v) is 6.62. The third kappa shape index (κ3) is 2.40. The smallest absolute Gasteiger partial charge is 0.308 e. The molecule has 6 nitrogen and oxygen atoms in total. The second-order valence-electron chi connectivity index (χ2n) is 5.12. The highest BCUT2D eigenvalue weighted by atomic mass is 16.5. The van der Waals surface area contributed by atoms with Crippen molar-refractivity contribution in [2.75, 3.05) is 11.4 Å². The number of nitrogens with zero attached hydrogens (tertiary/aromatic N) is 2. The molecule has 108 valence electrons. The number of aliphatic carboxylic acids is 1. The summed E-state index contributed by atoms with van der Waals surface area (Å²) in [5.41, 5.74) is 2.19. The molecular weight excluding hydrogens is 272 g/mol. The number of rotatable bonds is 2. The van der Waals surface area contributed by atoms with Crippen LogP contribution < -0.4 is 4.90 Å². The Morgan fingerprint density at radius 2 is 2.14 bits per heavy atom. The van der Waals surface area contributed by atoms with Crippen molar-refractivity contribution in [3.63, 3.8) is 0 Å². The molecular formula is C15H14N2O4. The maximum atomic E-state index is 12.5. The van der Waals surface area contributed by atoms with Crippen molar-refractivity contribution in [2.24, 2.45) is 5.92 Å².